The molecule has 2 aromatic carbocycles. The first-order valence-electron chi connectivity index (χ1n) is 13.9. The highest BCUT2D eigenvalue weighted by Gasteiger charge is 2.28. The van der Waals surface area contributed by atoms with Crippen molar-refractivity contribution in [3.63, 3.8) is 0 Å². The number of benzene rings is 2. The van der Waals surface area contributed by atoms with Crippen molar-refractivity contribution in [1.29, 1.82) is 0 Å². The summed E-state index contributed by atoms with van der Waals surface area (Å²) in [7, 11) is 0. The van der Waals surface area contributed by atoms with Crippen LogP contribution in [0.25, 0.3) is 22.5 Å². The minimum absolute atomic E-state index is 0.271. The molecule has 1 aromatic heterocycles. The zero-order valence-electron chi connectivity index (χ0n) is 22.6. The summed E-state index contributed by atoms with van der Waals surface area (Å²) in [6, 6.07) is 14.6. The van der Waals surface area contributed by atoms with Crippen LogP contribution >= 0.6 is 0 Å². The molecule has 2 atom stereocenters. The molecule has 1 aliphatic rings. The van der Waals surface area contributed by atoms with Crippen LogP contribution in [0.1, 0.15) is 51.0 Å². The van der Waals surface area contributed by atoms with E-state index in [1.807, 2.05) is 60.9 Å². The standard InChI is InChI=1S/C31H38N4O4/c1-2-3-4-5-6-17-38-27-13-11-23(12-14-27)26-20-34-29(35-21-26)24-9-7-22(8-10-24)18-28(32)31(37)39-30(36)25-15-16-33-19-25/h7-14,20-21,25,28,33H,2-6,15-19,32H2,1H3/t25-,28-/m0/s1. The lowest BCUT2D eigenvalue weighted by Crippen LogP contribution is -2.37. The van der Waals surface area contributed by atoms with E-state index in [0.717, 1.165) is 47.6 Å². The topological polar surface area (TPSA) is 116 Å². The van der Waals surface area contributed by atoms with Crippen molar-refractivity contribution in [3.8, 4) is 28.3 Å². The first-order valence-corrected chi connectivity index (χ1v) is 13.9. The maximum Gasteiger partial charge on any atom is 0.330 e. The number of carbonyl (C=O) groups excluding carboxylic acids is 2. The molecule has 0 bridgehead atoms. The zero-order valence-corrected chi connectivity index (χ0v) is 22.6. The fraction of sp³-hybridized carbons (Fsp3) is 0.419. The molecular formula is C31H38N4O4. The molecule has 2 heterocycles. The molecule has 0 spiro atoms. The van der Waals surface area contributed by atoms with Gasteiger partial charge in [-0.1, -0.05) is 69.0 Å². The number of rotatable bonds is 13. The maximum absolute atomic E-state index is 12.2. The second kappa shape index (κ2) is 14.5. The zero-order chi connectivity index (χ0) is 27.5. The van der Waals surface area contributed by atoms with Crippen LogP contribution < -0.4 is 15.8 Å². The van der Waals surface area contributed by atoms with Gasteiger partial charge in [0, 0.05) is 30.1 Å². The molecule has 1 saturated heterocycles. The van der Waals surface area contributed by atoms with Crippen molar-refractivity contribution < 1.29 is 19.1 Å². The minimum Gasteiger partial charge on any atom is -0.494 e. The lowest BCUT2D eigenvalue weighted by atomic mass is 10.0. The molecule has 0 aliphatic carbocycles. The summed E-state index contributed by atoms with van der Waals surface area (Å²) in [6.07, 6.45) is 10.7. The number of hydrogen-bond donors (Lipinski definition) is 2. The summed E-state index contributed by atoms with van der Waals surface area (Å²) >= 11 is 0. The minimum atomic E-state index is -0.910. The van der Waals surface area contributed by atoms with E-state index in [1.54, 1.807) is 0 Å². The van der Waals surface area contributed by atoms with Gasteiger partial charge in [0.25, 0.3) is 0 Å². The fourth-order valence-electron chi connectivity index (χ4n) is 4.51. The van der Waals surface area contributed by atoms with Crippen LogP contribution in [-0.2, 0) is 20.7 Å². The molecular weight excluding hydrogens is 492 g/mol. The van der Waals surface area contributed by atoms with E-state index in [2.05, 4.69) is 22.2 Å². The van der Waals surface area contributed by atoms with Gasteiger partial charge >= 0.3 is 11.9 Å². The monoisotopic (exact) mass is 530 g/mol. The molecule has 0 saturated carbocycles. The fourth-order valence-corrected chi connectivity index (χ4v) is 4.51. The lowest BCUT2D eigenvalue weighted by Gasteiger charge is -2.13. The van der Waals surface area contributed by atoms with Gasteiger partial charge in [-0.3, -0.25) is 4.79 Å². The molecule has 4 rings (SSSR count). The number of unbranched alkanes of at least 4 members (excludes halogenated alkanes) is 4. The normalized spacial score (nSPS) is 15.6. The molecule has 8 nitrogen and oxygen atoms in total. The third-order valence-electron chi connectivity index (χ3n) is 6.92. The van der Waals surface area contributed by atoms with Crippen molar-refractivity contribution in [2.24, 2.45) is 11.7 Å². The number of nitrogens with two attached hydrogens (primary N) is 1. The first kappa shape index (κ1) is 28.4. The summed E-state index contributed by atoms with van der Waals surface area (Å²) in [4.78, 5) is 33.4. The van der Waals surface area contributed by atoms with E-state index in [0.29, 0.717) is 18.8 Å². The van der Waals surface area contributed by atoms with Gasteiger partial charge in [0.05, 0.1) is 12.5 Å². The van der Waals surface area contributed by atoms with Gasteiger partial charge < -0.3 is 20.5 Å². The molecule has 3 N–H and O–H groups in total. The molecule has 1 aliphatic heterocycles. The van der Waals surface area contributed by atoms with Gasteiger partial charge in [-0.25, -0.2) is 14.8 Å². The predicted molar refractivity (Wildman–Crippen MR) is 151 cm³/mol. The maximum atomic E-state index is 12.2. The van der Waals surface area contributed by atoms with Gasteiger partial charge in [0.2, 0.25) is 0 Å². The summed E-state index contributed by atoms with van der Waals surface area (Å²) in [6.45, 7) is 4.25. The van der Waals surface area contributed by atoms with E-state index >= 15 is 0 Å². The number of aromatic nitrogens is 2. The largest absolute Gasteiger partial charge is 0.494 e. The van der Waals surface area contributed by atoms with Crippen LogP contribution in [0.5, 0.6) is 5.75 Å². The Hall–Kier alpha value is -3.62. The second-order valence-corrected chi connectivity index (χ2v) is 10.0. The highest BCUT2D eigenvalue weighted by atomic mass is 16.6. The van der Waals surface area contributed by atoms with Crippen molar-refractivity contribution in [2.75, 3.05) is 19.7 Å². The molecule has 206 valence electrons. The van der Waals surface area contributed by atoms with Gasteiger partial charge in [0.1, 0.15) is 11.8 Å². The van der Waals surface area contributed by atoms with Crippen LogP contribution in [-0.4, -0.2) is 47.6 Å². The molecule has 1 fully saturated rings. The average molecular weight is 531 g/mol. The molecule has 0 amide bonds. The van der Waals surface area contributed by atoms with Crippen LogP contribution in [0.15, 0.2) is 60.9 Å². The number of nitrogens with zero attached hydrogens (tertiary/aromatic N) is 2. The Morgan fingerprint density at radius 2 is 1.64 bits per heavy atom. The summed E-state index contributed by atoms with van der Waals surface area (Å²) in [5, 5.41) is 3.08. The molecule has 0 unspecified atom stereocenters. The number of nitrogens with one attached hydrogen (secondary N) is 1. The van der Waals surface area contributed by atoms with Gasteiger partial charge in [-0.15, -0.1) is 0 Å². The van der Waals surface area contributed by atoms with Crippen LogP contribution in [0, 0.1) is 5.92 Å². The highest BCUT2D eigenvalue weighted by molar-refractivity contribution is 5.89. The summed E-state index contributed by atoms with van der Waals surface area (Å²) in [5.74, 6) is -0.00814. The van der Waals surface area contributed by atoms with Gasteiger partial charge in [-0.2, -0.15) is 0 Å². The van der Waals surface area contributed by atoms with Crippen molar-refractivity contribution in [3.05, 3.63) is 66.5 Å². The molecule has 0 radical (unpaired) electrons. The Morgan fingerprint density at radius 1 is 0.949 bits per heavy atom. The van der Waals surface area contributed by atoms with E-state index in [4.69, 9.17) is 15.2 Å². The van der Waals surface area contributed by atoms with Crippen LogP contribution in [0.2, 0.25) is 0 Å². The number of carbonyl (C=O) groups is 2. The van der Waals surface area contributed by atoms with Crippen molar-refractivity contribution in [1.82, 2.24) is 15.3 Å². The summed E-state index contributed by atoms with van der Waals surface area (Å²) in [5.41, 5.74) is 9.66. The highest BCUT2D eigenvalue weighted by Crippen LogP contribution is 2.24. The van der Waals surface area contributed by atoms with Crippen molar-refractivity contribution in [2.45, 2.75) is 57.9 Å². The third-order valence-corrected chi connectivity index (χ3v) is 6.92. The van der Waals surface area contributed by atoms with Crippen LogP contribution in [0.3, 0.4) is 0 Å². The van der Waals surface area contributed by atoms with E-state index < -0.39 is 18.0 Å². The Kier molecular flexibility index (Phi) is 10.6. The van der Waals surface area contributed by atoms with E-state index in [1.165, 1.54) is 25.7 Å². The number of hydrogen-bond acceptors (Lipinski definition) is 8. The smallest absolute Gasteiger partial charge is 0.330 e. The Balaban J connectivity index is 1.26. The Morgan fingerprint density at radius 3 is 2.31 bits per heavy atom. The van der Waals surface area contributed by atoms with E-state index in [-0.39, 0.29) is 12.3 Å². The third kappa shape index (κ3) is 8.43. The Labute approximate surface area is 230 Å². The first-order chi connectivity index (χ1) is 19.0. The number of esters is 2. The van der Waals surface area contributed by atoms with Crippen molar-refractivity contribution >= 4 is 11.9 Å². The Bertz CT molecular complexity index is 1190. The van der Waals surface area contributed by atoms with Gasteiger partial charge in [-0.05, 0) is 49.1 Å². The lowest BCUT2D eigenvalue weighted by molar-refractivity contribution is -0.163. The molecule has 39 heavy (non-hydrogen) atoms. The second-order valence-electron chi connectivity index (χ2n) is 10.0. The van der Waals surface area contributed by atoms with Crippen LogP contribution in [0.4, 0.5) is 0 Å². The summed E-state index contributed by atoms with van der Waals surface area (Å²) < 4.78 is 10.8. The molecule has 8 heteroatoms. The van der Waals surface area contributed by atoms with E-state index in [9.17, 15) is 9.59 Å². The number of ether oxygens (including phenoxy) is 2. The SMILES string of the molecule is CCCCCCCOc1ccc(-c2cnc(-c3ccc(C[C@H](N)C(=O)OC(=O)[C@H]4CCNC4)cc3)nc2)cc1. The molecule has 3 aromatic rings. The van der Waals surface area contributed by atoms with Gasteiger partial charge in [0.15, 0.2) is 5.82 Å². The quantitative estimate of drug-likeness (QED) is 0.185. The predicted octanol–water partition coefficient (Wildman–Crippen LogP) is 4.71. The average Bonchev–Trinajstić information content (AvgIpc) is 3.51.